The second-order valence-electron chi connectivity index (χ2n) is 6.41. The van der Waals surface area contributed by atoms with Gasteiger partial charge in [0.25, 0.3) is 0 Å². The van der Waals surface area contributed by atoms with Crippen LogP contribution in [0.1, 0.15) is 20.8 Å². The van der Waals surface area contributed by atoms with E-state index >= 15 is 0 Å². The Morgan fingerprint density at radius 2 is 1.56 bits per heavy atom. The van der Waals surface area contributed by atoms with E-state index in [9.17, 15) is 4.79 Å². The molecule has 0 aliphatic carbocycles. The summed E-state index contributed by atoms with van der Waals surface area (Å²) in [7, 11) is 0. The standard InChI is InChI=1S/C18H18Cl3N3O/c1-18(2,3)16(25)17(22-15-9-6-12(20)10-14(15)21)24-23-13-7-4-11(19)5-8-13/h4-10,23H,1-3H3,(H,22,24). The summed E-state index contributed by atoms with van der Waals surface area (Å²) in [5.74, 6) is -0.0216. The number of hydrazone groups is 1. The van der Waals surface area contributed by atoms with Crippen molar-refractivity contribution in [3.63, 3.8) is 0 Å². The third kappa shape index (κ3) is 5.63. The highest BCUT2D eigenvalue weighted by Gasteiger charge is 2.27. The molecule has 0 atom stereocenters. The predicted octanol–water partition coefficient (Wildman–Crippen LogP) is 6.10. The van der Waals surface area contributed by atoms with Crippen molar-refractivity contribution in [1.82, 2.24) is 0 Å². The minimum absolute atomic E-state index is 0.145. The summed E-state index contributed by atoms with van der Waals surface area (Å²) in [5, 5.41) is 8.73. The van der Waals surface area contributed by atoms with Crippen LogP contribution in [0, 0.1) is 5.41 Å². The Hall–Kier alpha value is -1.75. The first kappa shape index (κ1) is 19.6. The van der Waals surface area contributed by atoms with Gasteiger partial charge in [0.1, 0.15) is 0 Å². The fourth-order valence-corrected chi connectivity index (χ4v) is 2.44. The van der Waals surface area contributed by atoms with Crippen molar-refractivity contribution in [2.24, 2.45) is 10.5 Å². The van der Waals surface area contributed by atoms with Crippen molar-refractivity contribution in [3.05, 3.63) is 57.5 Å². The van der Waals surface area contributed by atoms with Gasteiger partial charge in [-0.3, -0.25) is 10.2 Å². The number of nitrogens with zero attached hydrogens (tertiary/aromatic N) is 1. The van der Waals surface area contributed by atoms with Crippen LogP contribution < -0.4 is 10.7 Å². The van der Waals surface area contributed by atoms with Gasteiger partial charge >= 0.3 is 0 Å². The van der Waals surface area contributed by atoms with E-state index in [2.05, 4.69) is 15.8 Å². The Kier molecular flexibility index (Phi) is 6.33. The number of Topliss-reactive ketones (excluding diaryl/α,β-unsaturated/α-hetero) is 1. The maximum absolute atomic E-state index is 12.7. The molecule has 0 radical (unpaired) electrons. The van der Waals surface area contributed by atoms with Crippen molar-refractivity contribution in [1.29, 1.82) is 0 Å². The molecule has 0 aliphatic rings. The van der Waals surface area contributed by atoms with Crippen LogP contribution in [0.2, 0.25) is 15.1 Å². The van der Waals surface area contributed by atoms with Crippen LogP contribution in [0.25, 0.3) is 0 Å². The number of benzene rings is 2. The van der Waals surface area contributed by atoms with Gasteiger partial charge in [-0.1, -0.05) is 55.6 Å². The normalized spacial score (nSPS) is 12.0. The molecule has 0 fully saturated rings. The second-order valence-corrected chi connectivity index (χ2v) is 7.69. The lowest BCUT2D eigenvalue weighted by atomic mass is 9.90. The minimum Gasteiger partial charge on any atom is -0.335 e. The number of hydrogen-bond donors (Lipinski definition) is 2. The molecule has 2 aromatic carbocycles. The molecule has 0 aromatic heterocycles. The van der Waals surface area contributed by atoms with Crippen LogP contribution in [0.5, 0.6) is 0 Å². The largest absolute Gasteiger partial charge is 0.335 e. The van der Waals surface area contributed by atoms with E-state index in [-0.39, 0.29) is 11.6 Å². The molecule has 0 bridgehead atoms. The Balaban J connectivity index is 2.30. The van der Waals surface area contributed by atoms with E-state index in [0.29, 0.717) is 26.4 Å². The first-order chi connectivity index (χ1) is 11.7. The summed E-state index contributed by atoms with van der Waals surface area (Å²) in [6, 6.07) is 12.0. The molecule has 0 heterocycles. The number of ketones is 1. The van der Waals surface area contributed by atoms with E-state index in [4.69, 9.17) is 34.8 Å². The molecule has 0 spiro atoms. The summed E-state index contributed by atoms with van der Waals surface area (Å²) in [6.45, 7) is 5.45. The highest BCUT2D eigenvalue weighted by molar-refractivity contribution is 6.46. The molecule has 0 saturated carbocycles. The Labute approximate surface area is 162 Å². The van der Waals surface area contributed by atoms with Crippen molar-refractivity contribution < 1.29 is 4.79 Å². The number of anilines is 2. The van der Waals surface area contributed by atoms with Crippen LogP contribution in [0.15, 0.2) is 47.6 Å². The van der Waals surface area contributed by atoms with E-state index in [1.165, 1.54) is 0 Å². The van der Waals surface area contributed by atoms with Crippen LogP contribution in [-0.2, 0) is 4.79 Å². The van der Waals surface area contributed by atoms with Crippen LogP contribution in [0.3, 0.4) is 0 Å². The van der Waals surface area contributed by atoms with Crippen LogP contribution in [0.4, 0.5) is 11.4 Å². The van der Waals surface area contributed by atoms with E-state index in [1.54, 1.807) is 42.5 Å². The number of rotatable bonds is 4. The molecule has 0 amide bonds. The molecule has 0 aliphatic heterocycles. The lowest BCUT2D eigenvalue weighted by Crippen LogP contribution is -2.34. The zero-order chi connectivity index (χ0) is 18.6. The van der Waals surface area contributed by atoms with Crippen molar-refractivity contribution in [2.45, 2.75) is 20.8 Å². The summed E-state index contributed by atoms with van der Waals surface area (Å²) in [4.78, 5) is 12.7. The summed E-state index contributed by atoms with van der Waals surface area (Å²) >= 11 is 18.0. The smallest absolute Gasteiger partial charge is 0.205 e. The van der Waals surface area contributed by atoms with Gasteiger partial charge in [0.2, 0.25) is 5.78 Å². The first-order valence-corrected chi connectivity index (χ1v) is 8.66. The highest BCUT2D eigenvalue weighted by Crippen LogP contribution is 2.26. The van der Waals surface area contributed by atoms with Crippen LogP contribution >= 0.6 is 34.8 Å². The highest BCUT2D eigenvalue weighted by atomic mass is 35.5. The summed E-state index contributed by atoms with van der Waals surface area (Å²) in [6.07, 6.45) is 0. The number of halogens is 3. The van der Waals surface area contributed by atoms with E-state index in [0.717, 1.165) is 0 Å². The van der Waals surface area contributed by atoms with E-state index in [1.807, 2.05) is 20.8 Å². The Morgan fingerprint density at radius 3 is 2.12 bits per heavy atom. The molecule has 132 valence electrons. The summed E-state index contributed by atoms with van der Waals surface area (Å²) in [5.41, 5.74) is 3.48. The molecule has 7 heteroatoms. The second kappa shape index (κ2) is 8.09. The maximum atomic E-state index is 12.7. The van der Waals surface area contributed by atoms with E-state index < -0.39 is 5.41 Å². The molecular formula is C18H18Cl3N3O. The van der Waals surface area contributed by atoms with Gasteiger partial charge in [0, 0.05) is 15.5 Å². The van der Waals surface area contributed by atoms with Gasteiger partial charge in [0.15, 0.2) is 5.84 Å². The number of amidine groups is 1. The average molecular weight is 399 g/mol. The van der Waals surface area contributed by atoms with Crippen LogP contribution in [-0.4, -0.2) is 11.6 Å². The monoisotopic (exact) mass is 397 g/mol. The average Bonchev–Trinajstić information content (AvgIpc) is 2.53. The van der Waals surface area contributed by atoms with Gasteiger partial charge in [-0.15, -0.1) is 0 Å². The van der Waals surface area contributed by atoms with Gasteiger partial charge in [-0.05, 0) is 42.5 Å². The predicted molar refractivity (Wildman–Crippen MR) is 107 cm³/mol. The molecule has 25 heavy (non-hydrogen) atoms. The minimum atomic E-state index is -0.619. The molecular weight excluding hydrogens is 381 g/mol. The SMILES string of the molecule is CC(C)(C)C(=O)/C(=N/Nc1ccc(Cl)cc1)Nc1ccc(Cl)cc1Cl. The van der Waals surface area contributed by atoms with Crippen molar-refractivity contribution in [2.75, 3.05) is 10.7 Å². The lowest BCUT2D eigenvalue weighted by molar-refractivity contribution is -0.119. The molecule has 4 nitrogen and oxygen atoms in total. The maximum Gasteiger partial charge on any atom is 0.205 e. The van der Waals surface area contributed by atoms with Gasteiger partial charge in [0.05, 0.1) is 16.4 Å². The third-order valence-electron chi connectivity index (χ3n) is 3.22. The first-order valence-electron chi connectivity index (χ1n) is 7.53. The zero-order valence-corrected chi connectivity index (χ0v) is 16.3. The quantitative estimate of drug-likeness (QED) is 0.372. The molecule has 2 rings (SSSR count). The van der Waals surface area contributed by atoms with Crippen molar-refractivity contribution in [3.8, 4) is 0 Å². The van der Waals surface area contributed by atoms with Gasteiger partial charge < -0.3 is 5.32 Å². The molecule has 0 saturated heterocycles. The lowest BCUT2D eigenvalue weighted by Gasteiger charge is -2.19. The number of carbonyl (C=O) groups is 1. The molecule has 0 unspecified atom stereocenters. The fraction of sp³-hybridized carbons (Fsp3) is 0.222. The third-order valence-corrected chi connectivity index (χ3v) is 4.02. The summed E-state index contributed by atoms with van der Waals surface area (Å²) < 4.78 is 0. The van der Waals surface area contributed by atoms with Gasteiger partial charge in [-0.25, -0.2) is 0 Å². The number of hydrogen-bond acceptors (Lipinski definition) is 3. The molecule has 2 aromatic rings. The van der Waals surface area contributed by atoms with Gasteiger partial charge in [-0.2, -0.15) is 5.10 Å². The van der Waals surface area contributed by atoms with Crippen molar-refractivity contribution >= 4 is 57.8 Å². The zero-order valence-electron chi connectivity index (χ0n) is 14.0. The topological polar surface area (TPSA) is 53.5 Å². The number of carbonyl (C=O) groups excluding carboxylic acids is 1. The Morgan fingerprint density at radius 1 is 0.960 bits per heavy atom. The number of nitrogens with one attached hydrogen (secondary N) is 2. The fourth-order valence-electron chi connectivity index (χ4n) is 1.85. The molecule has 2 N–H and O–H groups in total. The Bertz CT molecular complexity index is 796.